The van der Waals surface area contributed by atoms with Crippen LogP contribution in [0.25, 0.3) is 0 Å². The van der Waals surface area contributed by atoms with Crippen LogP contribution in [0.4, 0.5) is 0 Å². The van der Waals surface area contributed by atoms with Crippen molar-refractivity contribution in [3.63, 3.8) is 0 Å². The highest BCUT2D eigenvalue weighted by molar-refractivity contribution is 5.74. The summed E-state index contributed by atoms with van der Waals surface area (Å²) < 4.78 is 0. The van der Waals surface area contributed by atoms with Crippen LogP contribution in [0.3, 0.4) is 0 Å². The molecule has 1 aromatic rings. The van der Waals surface area contributed by atoms with Gasteiger partial charge in [-0.15, -0.1) is 0 Å². The van der Waals surface area contributed by atoms with Crippen molar-refractivity contribution in [2.45, 2.75) is 57.0 Å². The fourth-order valence-electron chi connectivity index (χ4n) is 3.96. The van der Waals surface area contributed by atoms with E-state index in [4.69, 9.17) is 0 Å². The first-order valence-corrected chi connectivity index (χ1v) is 7.59. The summed E-state index contributed by atoms with van der Waals surface area (Å²) in [6.07, 6.45) is 3.97. The topological polar surface area (TPSA) is 40.5 Å². The van der Waals surface area contributed by atoms with Crippen molar-refractivity contribution in [2.75, 3.05) is 6.54 Å². The monoisotopic (exact) mass is 273 g/mol. The van der Waals surface area contributed by atoms with Gasteiger partial charge in [-0.05, 0) is 48.8 Å². The van der Waals surface area contributed by atoms with Gasteiger partial charge in [0.1, 0.15) is 6.04 Å². The van der Waals surface area contributed by atoms with E-state index in [0.717, 1.165) is 32.2 Å². The van der Waals surface area contributed by atoms with Gasteiger partial charge in [0.2, 0.25) is 0 Å². The molecular weight excluding hydrogens is 250 g/mol. The lowest BCUT2D eigenvalue weighted by atomic mass is 9.70. The minimum absolute atomic E-state index is 0.200. The van der Waals surface area contributed by atoms with Gasteiger partial charge in [-0.1, -0.05) is 38.1 Å². The van der Waals surface area contributed by atoms with E-state index in [9.17, 15) is 9.90 Å². The number of fused-ring (bicyclic) bond motifs is 1. The minimum Gasteiger partial charge on any atom is -0.480 e. The van der Waals surface area contributed by atoms with E-state index in [0.29, 0.717) is 0 Å². The number of nitrogens with zero attached hydrogens (tertiary/aromatic N) is 1. The molecule has 0 spiro atoms. The molecule has 0 amide bonds. The van der Waals surface area contributed by atoms with Crippen LogP contribution in [0.5, 0.6) is 0 Å². The largest absolute Gasteiger partial charge is 0.480 e. The normalized spacial score (nSPS) is 29.1. The number of carbonyl (C=O) groups is 1. The number of aliphatic carboxylic acids is 1. The van der Waals surface area contributed by atoms with Gasteiger partial charge >= 0.3 is 5.97 Å². The quantitative estimate of drug-likeness (QED) is 0.898. The van der Waals surface area contributed by atoms with E-state index >= 15 is 0 Å². The van der Waals surface area contributed by atoms with Crippen LogP contribution in [-0.4, -0.2) is 28.6 Å². The van der Waals surface area contributed by atoms with Gasteiger partial charge in [0.25, 0.3) is 0 Å². The average molecular weight is 273 g/mol. The second kappa shape index (κ2) is 4.88. The van der Waals surface area contributed by atoms with Crippen LogP contribution >= 0.6 is 0 Å². The molecule has 0 bridgehead atoms. The third-order valence-corrected chi connectivity index (χ3v) is 5.07. The summed E-state index contributed by atoms with van der Waals surface area (Å²) in [6, 6.07) is 8.57. The summed E-state index contributed by atoms with van der Waals surface area (Å²) in [6.45, 7) is 5.50. The highest BCUT2D eigenvalue weighted by atomic mass is 16.4. The van der Waals surface area contributed by atoms with Crippen molar-refractivity contribution in [1.29, 1.82) is 0 Å². The lowest BCUT2D eigenvalue weighted by molar-refractivity contribution is -0.143. The molecule has 1 fully saturated rings. The molecule has 3 nitrogen and oxygen atoms in total. The van der Waals surface area contributed by atoms with E-state index in [-0.39, 0.29) is 17.5 Å². The predicted molar refractivity (Wildman–Crippen MR) is 78.8 cm³/mol. The van der Waals surface area contributed by atoms with Crippen LogP contribution < -0.4 is 0 Å². The first kappa shape index (κ1) is 13.6. The van der Waals surface area contributed by atoms with E-state index in [2.05, 4.69) is 43.0 Å². The average Bonchev–Trinajstić information content (AvgIpc) is 2.88. The summed E-state index contributed by atoms with van der Waals surface area (Å²) in [5, 5.41) is 9.42. The molecule has 2 unspecified atom stereocenters. The third-order valence-electron chi connectivity index (χ3n) is 5.07. The SMILES string of the molecule is CC1(C)CCC(N2CCCC2C(=O)O)c2ccccc21. The van der Waals surface area contributed by atoms with Gasteiger partial charge in [-0.25, -0.2) is 0 Å². The smallest absolute Gasteiger partial charge is 0.320 e. The van der Waals surface area contributed by atoms with Gasteiger partial charge < -0.3 is 5.11 Å². The van der Waals surface area contributed by atoms with E-state index < -0.39 is 5.97 Å². The fourth-order valence-corrected chi connectivity index (χ4v) is 3.96. The molecule has 0 saturated carbocycles. The number of likely N-dealkylation sites (tertiary alicyclic amines) is 1. The molecule has 1 saturated heterocycles. The third kappa shape index (κ3) is 2.14. The van der Waals surface area contributed by atoms with Crippen molar-refractivity contribution >= 4 is 5.97 Å². The Morgan fingerprint density at radius 1 is 1.30 bits per heavy atom. The molecule has 1 aliphatic heterocycles. The Kier molecular flexibility index (Phi) is 3.33. The van der Waals surface area contributed by atoms with Gasteiger partial charge in [0, 0.05) is 6.04 Å². The number of hydrogen-bond donors (Lipinski definition) is 1. The Hall–Kier alpha value is -1.35. The summed E-state index contributed by atoms with van der Waals surface area (Å²) >= 11 is 0. The lowest BCUT2D eigenvalue weighted by Gasteiger charge is -2.42. The Morgan fingerprint density at radius 3 is 2.80 bits per heavy atom. The zero-order valence-electron chi connectivity index (χ0n) is 12.3. The maximum absolute atomic E-state index is 11.5. The van der Waals surface area contributed by atoms with Crippen molar-refractivity contribution in [2.24, 2.45) is 0 Å². The van der Waals surface area contributed by atoms with Gasteiger partial charge in [0.15, 0.2) is 0 Å². The maximum atomic E-state index is 11.5. The predicted octanol–water partition coefficient (Wildman–Crippen LogP) is 3.35. The zero-order chi connectivity index (χ0) is 14.3. The molecule has 1 aliphatic carbocycles. The van der Waals surface area contributed by atoms with E-state index in [1.165, 1.54) is 11.1 Å². The van der Waals surface area contributed by atoms with Crippen molar-refractivity contribution < 1.29 is 9.90 Å². The minimum atomic E-state index is -0.662. The number of carboxylic acid groups (broad SMARTS) is 1. The summed E-state index contributed by atoms with van der Waals surface area (Å²) in [7, 11) is 0. The van der Waals surface area contributed by atoms with Crippen LogP contribution in [0.1, 0.15) is 56.7 Å². The molecule has 1 heterocycles. The standard InChI is InChI=1S/C17H23NO2/c1-17(2)10-9-14(12-6-3-4-7-13(12)17)18-11-5-8-15(18)16(19)20/h3-4,6-7,14-15H,5,8-11H2,1-2H3,(H,19,20). The fraction of sp³-hybridized carbons (Fsp3) is 0.588. The molecule has 3 rings (SSSR count). The molecular formula is C17H23NO2. The van der Waals surface area contributed by atoms with Crippen molar-refractivity contribution in [1.82, 2.24) is 4.90 Å². The number of carboxylic acids is 1. The van der Waals surface area contributed by atoms with Gasteiger partial charge in [-0.3, -0.25) is 9.69 Å². The first-order chi connectivity index (χ1) is 9.50. The summed E-state index contributed by atoms with van der Waals surface area (Å²) in [4.78, 5) is 13.7. The number of benzene rings is 1. The van der Waals surface area contributed by atoms with Crippen LogP contribution in [0.15, 0.2) is 24.3 Å². The zero-order valence-corrected chi connectivity index (χ0v) is 12.3. The molecule has 3 heteroatoms. The maximum Gasteiger partial charge on any atom is 0.320 e. The molecule has 108 valence electrons. The Morgan fingerprint density at radius 2 is 2.05 bits per heavy atom. The van der Waals surface area contributed by atoms with Crippen LogP contribution in [0.2, 0.25) is 0 Å². The molecule has 1 aromatic carbocycles. The second-order valence-electron chi connectivity index (χ2n) is 6.76. The lowest BCUT2D eigenvalue weighted by Crippen LogP contribution is -2.42. The van der Waals surface area contributed by atoms with Crippen molar-refractivity contribution in [3.8, 4) is 0 Å². The highest BCUT2D eigenvalue weighted by Crippen LogP contribution is 2.45. The molecule has 0 radical (unpaired) electrons. The van der Waals surface area contributed by atoms with Gasteiger partial charge in [0.05, 0.1) is 0 Å². The molecule has 2 atom stereocenters. The first-order valence-electron chi connectivity index (χ1n) is 7.59. The Labute approximate surface area is 120 Å². The van der Waals surface area contributed by atoms with Crippen LogP contribution in [0, 0.1) is 0 Å². The van der Waals surface area contributed by atoms with E-state index in [1.807, 2.05) is 0 Å². The second-order valence-corrected chi connectivity index (χ2v) is 6.76. The molecule has 0 aromatic heterocycles. The molecule has 20 heavy (non-hydrogen) atoms. The molecule has 2 aliphatic rings. The van der Waals surface area contributed by atoms with Gasteiger partial charge in [-0.2, -0.15) is 0 Å². The van der Waals surface area contributed by atoms with Crippen LogP contribution in [-0.2, 0) is 10.2 Å². The number of rotatable bonds is 2. The van der Waals surface area contributed by atoms with E-state index in [1.54, 1.807) is 0 Å². The molecule has 1 N–H and O–H groups in total. The number of hydrogen-bond acceptors (Lipinski definition) is 2. The Balaban J connectivity index is 1.98. The Bertz CT molecular complexity index is 523. The highest BCUT2D eigenvalue weighted by Gasteiger charge is 2.40. The summed E-state index contributed by atoms with van der Waals surface area (Å²) in [5.41, 5.74) is 2.94. The summed E-state index contributed by atoms with van der Waals surface area (Å²) in [5.74, 6) is -0.662. The van der Waals surface area contributed by atoms with Crippen molar-refractivity contribution in [3.05, 3.63) is 35.4 Å².